The number of nitrogens with zero attached hydrogens (tertiary/aromatic N) is 1. The van der Waals surface area contributed by atoms with Gasteiger partial charge in [0.2, 0.25) is 0 Å². The molecule has 1 spiro atoms. The quantitative estimate of drug-likeness (QED) is 0.698. The fourth-order valence-corrected chi connectivity index (χ4v) is 2.94. The molecule has 0 bridgehead atoms. The van der Waals surface area contributed by atoms with E-state index in [-0.39, 0.29) is 0 Å². The molecule has 13 heavy (non-hydrogen) atoms. The van der Waals surface area contributed by atoms with Crippen molar-refractivity contribution in [1.29, 1.82) is 0 Å². The lowest BCUT2D eigenvalue weighted by Gasteiger charge is -2.41. The number of hydrogen-bond acceptors (Lipinski definition) is 2. The maximum absolute atomic E-state index is 3.74. The molecule has 1 saturated heterocycles. The van der Waals surface area contributed by atoms with E-state index >= 15 is 0 Å². The van der Waals surface area contributed by atoms with Gasteiger partial charge in [-0.25, -0.2) is 0 Å². The molecule has 0 aromatic heterocycles. The van der Waals surface area contributed by atoms with Crippen LogP contribution < -0.4 is 5.32 Å². The van der Waals surface area contributed by atoms with Gasteiger partial charge < -0.3 is 10.2 Å². The molecule has 2 heteroatoms. The van der Waals surface area contributed by atoms with Crippen LogP contribution in [-0.2, 0) is 0 Å². The molecule has 2 fully saturated rings. The van der Waals surface area contributed by atoms with Gasteiger partial charge in [0.15, 0.2) is 0 Å². The molecular formula is C11H22N2. The van der Waals surface area contributed by atoms with Crippen LogP contribution in [0.5, 0.6) is 0 Å². The van der Waals surface area contributed by atoms with E-state index < -0.39 is 0 Å². The second kappa shape index (κ2) is 3.97. The summed E-state index contributed by atoms with van der Waals surface area (Å²) in [6, 6.07) is 0. The minimum absolute atomic E-state index is 0.521. The molecule has 0 amide bonds. The third-order valence-electron chi connectivity index (χ3n) is 3.55. The lowest BCUT2D eigenvalue weighted by Crippen LogP contribution is -2.58. The topological polar surface area (TPSA) is 15.3 Å². The molecule has 1 heterocycles. The first-order valence-corrected chi connectivity index (χ1v) is 5.82. The molecule has 2 rings (SSSR count). The Morgan fingerprint density at radius 2 is 2.08 bits per heavy atom. The van der Waals surface area contributed by atoms with E-state index in [4.69, 9.17) is 0 Å². The third-order valence-corrected chi connectivity index (χ3v) is 3.55. The smallest absolute Gasteiger partial charge is 0.0309 e. The van der Waals surface area contributed by atoms with Crippen LogP contribution in [0.25, 0.3) is 0 Å². The van der Waals surface area contributed by atoms with E-state index in [1.54, 1.807) is 0 Å². The van der Waals surface area contributed by atoms with Gasteiger partial charge in [-0.2, -0.15) is 0 Å². The predicted molar refractivity (Wildman–Crippen MR) is 55.9 cm³/mol. The van der Waals surface area contributed by atoms with Crippen molar-refractivity contribution in [1.82, 2.24) is 10.2 Å². The van der Waals surface area contributed by atoms with Crippen LogP contribution >= 0.6 is 0 Å². The van der Waals surface area contributed by atoms with Crippen molar-refractivity contribution in [2.24, 2.45) is 0 Å². The number of rotatable bonds is 2. The molecular weight excluding hydrogens is 160 g/mol. The summed E-state index contributed by atoms with van der Waals surface area (Å²) in [6.45, 7) is 7.35. The molecule has 0 aromatic carbocycles. The highest BCUT2D eigenvalue weighted by atomic mass is 15.2. The van der Waals surface area contributed by atoms with E-state index in [2.05, 4.69) is 17.1 Å². The molecule has 76 valence electrons. The summed E-state index contributed by atoms with van der Waals surface area (Å²) >= 11 is 0. The Labute approximate surface area is 81.7 Å². The molecule has 1 N–H and O–H groups in total. The highest BCUT2D eigenvalue weighted by Crippen LogP contribution is 2.31. The molecule has 2 aliphatic rings. The maximum atomic E-state index is 3.74. The molecule has 1 aliphatic carbocycles. The summed E-state index contributed by atoms with van der Waals surface area (Å²) < 4.78 is 0. The van der Waals surface area contributed by atoms with Gasteiger partial charge in [-0.05, 0) is 25.8 Å². The summed E-state index contributed by atoms with van der Waals surface area (Å²) in [4.78, 5) is 2.64. The van der Waals surface area contributed by atoms with Gasteiger partial charge in [-0.15, -0.1) is 0 Å². The largest absolute Gasteiger partial charge is 0.309 e. The van der Waals surface area contributed by atoms with Crippen molar-refractivity contribution in [2.75, 3.05) is 26.2 Å². The fraction of sp³-hybridized carbons (Fsp3) is 1.00. The van der Waals surface area contributed by atoms with Crippen molar-refractivity contribution in [3.63, 3.8) is 0 Å². The zero-order chi connectivity index (χ0) is 9.15. The molecule has 0 radical (unpaired) electrons. The molecule has 2 nitrogen and oxygen atoms in total. The van der Waals surface area contributed by atoms with E-state index in [0.29, 0.717) is 5.54 Å². The summed E-state index contributed by atoms with van der Waals surface area (Å²) in [5.74, 6) is 0. The van der Waals surface area contributed by atoms with Crippen molar-refractivity contribution >= 4 is 0 Å². The lowest BCUT2D eigenvalue weighted by atomic mass is 9.94. The Balaban J connectivity index is 1.90. The SMILES string of the molecule is CCCN1CCNC2(CCCC2)C1. The summed E-state index contributed by atoms with van der Waals surface area (Å²) in [6.07, 6.45) is 7.00. The first-order valence-electron chi connectivity index (χ1n) is 5.82. The van der Waals surface area contributed by atoms with E-state index in [1.165, 1.54) is 58.3 Å². The Kier molecular flexibility index (Phi) is 2.89. The molecule has 1 saturated carbocycles. The monoisotopic (exact) mass is 182 g/mol. The summed E-state index contributed by atoms with van der Waals surface area (Å²) in [5.41, 5.74) is 0.521. The Hall–Kier alpha value is -0.0800. The Morgan fingerprint density at radius 1 is 1.31 bits per heavy atom. The zero-order valence-corrected chi connectivity index (χ0v) is 8.81. The highest BCUT2D eigenvalue weighted by Gasteiger charge is 2.36. The van der Waals surface area contributed by atoms with Gasteiger partial charge in [0.05, 0.1) is 0 Å². The van der Waals surface area contributed by atoms with E-state index in [0.717, 1.165) is 0 Å². The van der Waals surface area contributed by atoms with Crippen LogP contribution in [0.3, 0.4) is 0 Å². The van der Waals surface area contributed by atoms with Crippen LogP contribution in [0.1, 0.15) is 39.0 Å². The van der Waals surface area contributed by atoms with Crippen LogP contribution in [0.2, 0.25) is 0 Å². The average molecular weight is 182 g/mol. The average Bonchev–Trinajstić information content (AvgIpc) is 2.54. The van der Waals surface area contributed by atoms with Gasteiger partial charge in [0.25, 0.3) is 0 Å². The van der Waals surface area contributed by atoms with Crippen molar-refractivity contribution in [2.45, 2.75) is 44.6 Å². The van der Waals surface area contributed by atoms with Crippen LogP contribution in [-0.4, -0.2) is 36.6 Å². The normalized spacial score (nSPS) is 28.4. The van der Waals surface area contributed by atoms with Crippen LogP contribution in [0.15, 0.2) is 0 Å². The second-order valence-corrected chi connectivity index (χ2v) is 4.69. The number of piperazine rings is 1. The lowest BCUT2D eigenvalue weighted by molar-refractivity contribution is 0.135. The first kappa shape index (κ1) is 9.47. The minimum atomic E-state index is 0.521. The van der Waals surface area contributed by atoms with Crippen LogP contribution in [0, 0.1) is 0 Å². The van der Waals surface area contributed by atoms with Gasteiger partial charge >= 0.3 is 0 Å². The third kappa shape index (κ3) is 2.05. The molecule has 0 aromatic rings. The van der Waals surface area contributed by atoms with E-state index in [9.17, 15) is 0 Å². The van der Waals surface area contributed by atoms with Gasteiger partial charge in [-0.3, -0.25) is 0 Å². The molecule has 0 atom stereocenters. The Bertz CT molecular complexity index is 159. The van der Waals surface area contributed by atoms with Gasteiger partial charge in [0.1, 0.15) is 0 Å². The zero-order valence-electron chi connectivity index (χ0n) is 8.81. The summed E-state index contributed by atoms with van der Waals surface area (Å²) in [7, 11) is 0. The summed E-state index contributed by atoms with van der Waals surface area (Å²) in [5, 5.41) is 3.74. The minimum Gasteiger partial charge on any atom is -0.309 e. The van der Waals surface area contributed by atoms with Crippen molar-refractivity contribution in [3.05, 3.63) is 0 Å². The predicted octanol–water partition coefficient (Wildman–Crippen LogP) is 1.61. The molecule has 1 aliphatic heterocycles. The number of nitrogens with one attached hydrogen (secondary N) is 1. The fourth-order valence-electron chi connectivity index (χ4n) is 2.94. The van der Waals surface area contributed by atoms with Crippen LogP contribution in [0.4, 0.5) is 0 Å². The van der Waals surface area contributed by atoms with E-state index in [1.807, 2.05) is 0 Å². The van der Waals surface area contributed by atoms with Crippen molar-refractivity contribution in [3.8, 4) is 0 Å². The number of hydrogen-bond donors (Lipinski definition) is 1. The Morgan fingerprint density at radius 3 is 2.77 bits per heavy atom. The standard InChI is InChI=1S/C11H22N2/c1-2-8-13-9-7-12-11(10-13)5-3-4-6-11/h12H,2-10H2,1H3. The van der Waals surface area contributed by atoms with Gasteiger partial charge in [-0.1, -0.05) is 19.8 Å². The molecule has 0 unspecified atom stereocenters. The van der Waals surface area contributed by atoms with Gasteiger partial charge in [0, 0.05) is 25.2 Å². The van der Waals surface area contributed by atoms with Crippen molar-refractivity contribution < 1.29 is 0 Å². The first-order chi connectivity index (χ1) is 6.35. The maximum Gasteiger partial charge on any atom is 0.0309 e. The highest BCUT2D eigenvalue weighted by molar-refractivity contribution is 4.97. The second-order valence-electron chi connectivity index (χ2n) is 4.69.